The van der Waals surface area contributed by atoms with E-state index in [1.54, 1.807) is 22.7 Å². The molecule has 2 nitrogen and oxygen atoms in total. The van der Waals surface area contributed by atoms with E-state index >= 15 is 0 Å². The third-order valence-corrected chi connectivity index (χ3v) is 4.48. The predicted octanol–water partition coefficient (Wildman–Crippen LogP) is 3.81. The van der Waals surface area contributed by atoms with E-state index in [9.17, 15) is 0 Å². The molecule has 0 radical (unpaired) electrons. The zero-order valence-electron chi connectivity index (χ0n) is 8.45. The van der Waals surface area contributed by atoms with Crippen LogP contribution in [0.1, 0.15) is 18.7 Å². The molecule has 5 heteroatoms. The Morgan fingerprint density at radius 3 is 2.80 bits per heavy atom. The van der Waals surface area contributed by atoms with Crippen molar-refractivity contribution in [2.75, 3.05) is 7.05 Å². The highest BCUT2D eigenvalue weighted by atomic mass is 35.5. The summed E-state index contributed by atoms with van der Waals surface area (Å²) in [6, 6.07) is 2.25. The summed E-state index contributed by atoms with van der Waals surface area (Å²) < 4.78 is 0. The third-order valence-electron chi connectivity index (χ3n) is 2.18. The molecule has 0 spiro atoms. The molecule has 0 fully saturated rings. The summed E-state index contributed by atoms with van der Waals surface area (Å²) in [4.78, 5) is 5.71. The first-order valence-electron chi connectivity index (χ1n) is 4.58. The van der Waals surface area contributed by atoms with Gasteiger partial charge in [0.2, 0.25) is 0 Å². The Morgan fingerprint density at radius 2 is 2.20 bits per heavy atom. The van der Waals surface area contributed by atoms with Gasteiger partial charge in [-0.2, -0.15) is 0 Å². The van der Waals surface area contributed by atoms with Gasteiger partial charge in [-0.25, -0.2) is 4.98 Å². The number of nitrogens with zero attached hydrogens (tertiary/aromatic N) is 1. The fraction of sp³-hybridized carbons (Fsp3) is 0.300. The highest BCUT2D eigenvalue weighted by molar-refractivity contribution is 7.20. The highest BCUT2D eigenvalue weighted by Crippen LogP contribution is 2.32. The number of aromatic nitrogens is 1. The topological polar surface area (TPSA) is 24.9 Å². The largest absolute Gasteiger partial charge is 0.312 e. The van der Waals surface area contributed by atoms with E-state index < -0.39 is 0 Å². The highest BCUT2D eigenvalue weighted by Gasteiger charge is 2.10. The first-order valence-corrected chi connectivity index (χ1v) is 6.71. The van der Waals surface area contributed by atoms with Crippen LogP contribution in [0.3, 0.4) is 0 Å². The van der Waals surface area contributed by atoms with Crippen LogP contribution < -0.4 is 5.32 Å². The van der Waals surface area contributed by atoms with Crippen LogP contribution in [-0.4, -0.2) is 12.0 Å². The minimum absolute atomic E-state index is 0.297. The molecule has 0 aliphatic carbocycles. The minimum Gasteiger partial charge on any atom is -0.312 e. The van der Waals surface area contributed by atoms with Gasteiger partial charge in [0.15, 0.2) is 0 Å². The second-order valence-corrected chi connectivity index (χ2v) is 5.42. The maximum atomic E-state index is 5.88. The van der Waals surface area contributed by atoms with Crippen LogP contribution in [0.15, 0.2) is 16.8 Å². The summed E-state index contributed by atoms with van der Waals surface area (Å²) in [6.07, 6.45) is 0. The molecule has 0 aliphatic heterocycles. The molecule has 0 aliphatic rings. The molecule has 0 amide bonds. The van der Waals surface area contributed by atoms with Crippen molar-refractivity contribution in [2.45, 2.75) is 13.0 Å². The van der Waals surface area contributed by atoms with Gasteiger partial charge in [0, 0.05) is 16.8 Å². The standard InChI is InChI=1S/C10H11ClN2S2/c1-6(12-2)8-5-15-10(13-8)9-3-7(11)4-14-9/h3-6,12H,1-2H3. The number of hydrogen-bond acceptors (Lipinski definition) is 4. The van der Waals surface area contributed by atoms with Crippen molar-refractivity contribution in [3.8, 4) is 9.88 Å². The molecule has 1 N–H and O–H groups in total. The molecule has 1 unspecified atom stereocenters. The second kappa shape index (κ2) is 4.61. The maximum Gasteiger partial charge on any atom is 0.133 e. The summed E-state index contributed by atoms with van der Waals surface area (Å²) in [5.74, 6) is 0. The quantitative estimate of drug-likeness (QED) is 0.906. The summed E-state index contributed by atoms with van der Waals surface area (Å²) in [6.45, 7) is 2.10. The zero-order valence-corrected chi connectivity index (χ0v) is 10.8. The molecular weight excluding hydrogens is 248 g/mol. The van der Waals surface area contributed by atoms with E-state index in [-0.39, 0.29) is 0 Å². The number of rotatable bonds is 3. The van der Waals surface area contributed by atoms with Gasteiger partial charge in [0.25, 0.3) is 0 Å². The summed E-state index contributed by atoms with van der Waals surface area (Å²) in [5, 5.41) is 9.02. The van der Waals surface area contributed by atoms with Crippen LogP contribution in [0.4, 0.5) is 0 Å². The lowest BCUT2D eigenvalue weighted by Crippen LogP contribution is -2.12. The number of hydrogen-bond donors (Lipinski definition) is 1. The van der Waals surface area contributed by atoms with Crippen LogP contribution >= 0.6 is 34.3 Å². The first kappa shape index (κ1) is 11.1. The van der Waals surface area contributed by atoms with Crippen LogP contribution in [0.2, 0.25) is 5.02 Å². The van der Waals surface area contributed by atoms with E-state index in [0.29, 0.717) is 6.04 Å². The lowest BCUT2D eigenvalue weighted by atomic mass is 10.3. The molecule has 80 valence electrons. The average molecular weight is 259 g/mol. The van der Waals surface area contributed by atoms with Gasteiger partial charge in [-0.15, -0.1) is 22.7 Å². The van der Waals surface area contributed by atoms with Crippen LogP contribution in [-0.2, 0) is 0 Å². The molecule has 15 heavy (non-hydrogen) atoms. The number of thiazole rings is 1. The SMILES string of the molecule is CNC(C)c1csc(-c2cc(Cl)cs2)n1. The van der Waals surface area contributed by atoms with E-state index in [0.717, 1.165) is 20.6 Å². The zero-order chi connectivity index (χ0) is 10.8. The third kappa shape index (κ3) is 2.39. The molecule has 0 bridgehead atoms. The Bertz CT molecular complexity index is 450. The van der Waals surface area contributed by atoms with Crippen LogP contribution in [0, 0.1) is 0 Å². The first-order chi connectivity index (χ1) is 7.20. The molecule has 2 aromatic heterocycles. The van der Waals surface area contributed by atoms with Gasteiger partial charge in [-0.1, -0.05) is 11.6 Å². The van der Waals surface area contributed by atoms with E-state index in [1.807, 2.05) is 18.5 Å². The normalized spacial score (nSPS) is 13.0. The van der Waals surface area contributed by atoms with Crippen molar-refractivity contribution in [3.63, 3.8) is 0 Å². The summed E-state index contributed by atoms with van der Waals surface area (Å²) in [5.41, 5.74) is 1.09. The Morgan fingerprint density at radius 1 is 1.40 bits per heavy atom. The fourth-order valence-electron chi connectivity index (χ4n) is 1.17. The van der Waals surface area contributed by atoms with Crippen molar-refractivity contribution in [1.82, 2.24) is 10.3 Å². The van der Waals surface area contributed by atoms with Crippen molar-refractivity contribution in [3.05, 3.63) is 27.5 Å². The Labute approximate surface area is 102 Å². The smallest absolute Gasteiger partial charge is 0.133 e. The van der Waals surface area contributed by atoms with E-state index in [2.05, 4.69) is 22.6 Å². The van der Waals surface area contributed by atoms with Gasteiger partial charge >= 0.3 is 0 Å². The number of halogens is 1. The number of nitrogens with one attached hydrogen (secondary N) is 1. The van der Waals surface area contributed by atoms with E-state index in [4.69, 9.17) is 11.6 Å². The average Bonchev–Trinajstić information content (AvgIpc) is 2.84. The Hall–Kier alpha value is -0.420. The Balaban J connectivity index is 2.27. The molecule has 2 aromatic rings. The van der Waals surface area contributed by atoms with Crippen LogP contribution in [0.5, 0.6) is 0 Å². The molecule has 1 atom stereocenters. The summed E-state index contributed by atoms with van der Waals surface area (Å²) in [7, 11) is 1.94. The second-order valence-electron chi connectivity index (χ2n) is 3.22. The van der Waals surface area contributed by atoms with Gasteiger partial charge < -0.3 is 5.32 Å². The number of thiophene rings is 1. The van der Waals surface area contributed by atoms with Crippen molar-refractivity contribution in [1.29, 1.82) is 0 Å². The maximum absolute atomic E-state index is 5.88. The van der Waals surface area contributed by atoms with Crippen LogP contribution in [0.25, 0.3) is 9.88 Å². The monoisotopic (exact) mass is 258 g/mol. The molecular formula is C10H11ClN2S2. The van der Waals surface area contributed by atoms with Crippen molar-refractivity contribution >= 4 is 34.3 Å². The van der Waals surface area contributed by atoms with E-state index in [1.165, 1.54) is 0 Å². The molecule has 2 rings (SSSR count). The Kier molecular flexibility index (Phi) is 3.41. The predicted molar refractivity (Wildman–Crippen MR) is 67.9 cm³/mol. The lowest BCUT2D eigenvalue weighted by Gasteiger charge is -2.04. The van der Waals surface area contributed by atoms with Gasteiger partial charge in [-0.3, -0.25) is 0 Å². The van der Waals surface area contributed by atoms with Gasteiger partial charge in [-0.05, 0) is 20.0 Å². The molecule has 0 aromatic carbocycles. The fourth-order valence-corrected chi connectivity index (χ4v) is 3.24. The van der Waals surface area contributed by atoms with Gasteiger partial charge in [0.1, 0.15) is 5.01 Å². The molecule has 0 saturated heterocycles. The minimum atomic E-state index is 0.297. The summed E-state index contributed by atoms with van der Waals surface area (Å²) >= 11 is 9.17. The van der Waals surface area contributed by atoms with Crippen molar-refractivity contribution in [2.24, 2.45) is 0 Å². The van der Waals surface area contributed by atoms with Crippen molar-refractivity contribution < 1.29 is 0 Å². The van der Waals surface area contributed by atoms with Gasteiger partial charge in [0.05, 0.1) is 15.6 Å². The molecule has 0 saturated carbocycles. The lowest BCUT2D eigenvalue weighted by molar-refractivity contribution is 0.637. The molecule has 2 heterocycles.